The molecular formula is C17H24N4. The fourth-order valence-electron chi connectivity index (χ4n) is 2.83. The highest BCUT2D eigenvalue weighted by Crippen LogP contribution is 2.08. The first-order valence-corrected chi connectivity index (χ1v) is 7.95. The zero-order valence-corrected chi connectivity index (χ0v) is 12.5. The molecule has 1 aromatic carbocycles. The fraction of sp³-hybridized carbons (Fsp3) is 0.471. The second-order valence-corrected chi connectivity index (χ2v) is 5.67. The molecule has 1 aromatic heterocycles. The Morgan fingerprint density at radius 3 is 2.67 bits per heavy atom. The number of nitrogens with one attached hydrogen (secondary N) is 1. The fourth-order valence-corrected chi connectivity index (χ4v) is 2.83. The molecule has 1 aliphatic heterocycles. The molecular weight excluding hydrogens is 260 g/mol. The van der Waals surface area contributed by atoms with E-state index in [0.29, 0.717) is 0 Å². The van der Waals surface area contributed by atoms with E-state index in [2.05, 4.69) is 33.5 Å². The maximum atomic E-state index is 4.60. The quantitative estimate of drug-likeness (QED) is 0.793. The van der Waals surface area contributed by atoms with Gasteiger partial charge in [0.2, 0.25) is 0 Å². The number of rotatable bonds is 7. The van der Waals surface area contributed by atoms with Crippen molar-refractivity contribution in [3.8, 4) is 5.69 Å². The molecule has 1 aliphatic rings. The molecule has 1 N–H and O–H groups in total. The van der Waals surface area contributed by atoms with Gasteiger partial charge >= 0.3 is 0 Å². The van der Waals surface area contributed by atoms with E-state index in [0.717, 1.165) is 24.5 Å². The van der Waals surface area contributed by atoms with Gasteiger partial charge in [-0.1, -0.05) is 18.2 Å². The van der Waals surface area contributed by atoms with Crippen LogP contribution in [0.15, 0.2) is 42.6 Å². The zero-order valence-electron chi connectivity index (χ0n) is 12.5. The van der Waals surface area contributed by atoms with Crippen LogP contribution in [0.2, 0.25) is 0 Å². The van der Waals surface area contributed by atoms with Crippen LogP contribution < -0.4 is 5.32 Å². The molecule has 2 aromatic rings. The van der Waals surface area contributed by atoms with E-state index in [1.807, 2.05) is 29.1 Å². The summed E-state index contributed by atoms with van der Waals surface area (Å²) in [6.45, 7) is 5.73. The topological polar surface area (TPSA) is 33.1 Å². The third-order valence-electron chi connectivity index (χ3n) is 4.00. The molecule has 0 aliphatic carbocycles. The number of aromatic nitrogens is 2. The number of nitrogens with zero attached hydrogens (tertiary/aromatic N) is 3. The van der Waals surface area contributed by atoms with Crippen molar-refractivity contribution in [2.24, 2.45) is 0 Å². The van der Waals surface area contributed by atoms with Crippen molar-refractivity contribution >= 4 is 0 Å². The van der Waals surface area contributed by atoms with E-state index in [1.54, 1.807) is 0 Å². The third-order valence-corrected chi connectivity index (χ3v) is 4.00. The van der Waals surface area contributed by atoms with Gasteiger partial charge in [-0.05, 0) is 63.6 Å². The van der Waals surface area contributed by atoms with E-state index >= 15 is 0 Å². The smallest absolute Gasteiger partial charge is 0.0766 e. The van der Waals surface area contributed by atoms with Gasteiger partial charge in [0, 0.05) is 12.7 Å². The molecule has 112 valence electrons. The third kappa shape index (κ3) is 4.16. The van der Waals surface area contributed by atoms with E-state index in [9.17, 15) is 0 Å². The molecule has 0 spiro atoms. The maximum absolute atomic E-state index is 4.60. The Hall–Kier alpha value is -1.65. The Balaban J connectivity index is 1.39. The van der Waals surface area contributed by atoms with E-state index in [-0.39, 0.29) is 0 Å². The van der Waals surface area contributed by atoms with Crippen molar-refractivity contribution in [2.75, 3.05) is 26.2 Å². The van der Waals surface area contributed by atoms with Gasteiger partial charge in [-0.2, -0.15) is 5.10 Å². The Morgan fingerprint density at radius 1 is 1.05 bits per heavy atom. The molecule has 4 nitrogen and oxygen atoms in total. The average molecular weight is 284 g/mol. The van der Waals surface area contributed by atoms with Crippen molar-refractivity contribution in [1.82, 2.24) is 20.0 Å². The highest BCUT2D eigenvalue weighted by Gasteiger charge is 2.09. The summed E-state index contributed by atoms with van der Waals surface area (Å²) in [6.07, 6.45) is 6.00. The lowest BCUT2D eigenvalue weighted by molar-refractivity contribution is 0.331. The zero-order chi connectivity index (χ0) is 14.3. The predicted octanol–water partition coefficient (Wildman–Crippen LogP) is 2.45. The Labute approximate surface area is 126 Å². The normalized spacial score (nSPS) is 15.6. The Bertz CT molecular complexity index is 529. The van der Waals surface area contributed by atoms with Gasteiger partial charge in [0.1, 0.15) is 0 Å². The maximum Gasteiger partial charge on any atom is 0.0766 e. The van der Waals surface area contributed by atoms with Crippen LogP contribution in [0, 0.1) is 0 Å². The van der Waals surface area contributed by atoms with Crippen molar-refractivity contribution in [3.63, 3.8) is 0 Å². The lowest BCUT2D eigenvalue weighted by Gasteiger charge is -2.13. The monoisotopic (exact) mass is 284 g/mol. The van der Waals surface area contributed by atoms with Gasteiger partial charge < -0.3 is 10.2 Å². The van der Waals surface area contributed by atoms with Crippen LogP contribution in [0.5, 0.6) is 0 Å². The summed E-state index contributed by atoms with van der Waals surface area (Å²) in [4.78, 5) is 2.56. The largest absolute Gasteiger partial charge is 0.311 e. The number of para-hydroxylation sites is 1. The molecule has 21 heavy (non-hydrogen) atoms. The van der Waals surface area contributed by atoms with Crippen LogP contribution in [0.3, 0.4) is 0 Å². The summed E-state index contributed by atoms with van der Waals surface area (Å²) in [6, 6.07) is 12.3. The van der Waals surface area contributed by atoms with Gasteiger partial charge in [0.05, 0.1) is 11.4 Å². The SMILES string of the molecule is c1ccc(-n2ccc(CNCCCN3CCCC3)n2)cc1. The van der Waals surface area contributed by atoms with Gasteiger partial charge in [-0.15, -0.1) is 0 Å². The predicted molar refractivity (Wildman–Crippen MR) is 85.6 cm³/mol. The Kier molecular flexibility index (Phi) is 5.03. The van der Waals surface area contributed by atoms with Crippen LogP contribution in [-0.2, 0) is 6.54 Å². The minimum absolute atomic E-state index is 0.847. The summed E-state index contributed by atoms with van der Waals surface area (Å²) in [7, 11) is 0. The average Bonchev–Trinajstić information content (AvgIpc) is 3.19. The second kappa shape index (κ2) is 7.38. The number of hydrogen-bond acceptors (Lipinski definition) is 3. The van der Waals surface area contributed by atoms with Crippen LogP contribution in [0.1, 0.15) is 25.0 Å². The van der Waals surface area contributed by atoms with Crippen LogP contribution in [0.4, 0.5) is 0 Å². The highest BCUT2D eigenvalue weighted by atomic mass is 15.3. The lowest BCUT2D eigenvalue weighted by Crippen LogP contribution is -2.24. The summed E-state index contributed by atoms with van der Waals surface area (Å²) in [5.41, 5.74) is 2.21. The minimum atomic E-state index is 0.847. The minimum Gasteiger partial charge on any atom is -0.311 e. The first kappa shape index (κ1) is 14.3. The Morgan fingerprint density at radius 2 is 1.86 bits per heavy atom. The standard InChI is InChI=1S/C17H24N4/c1-2-7-17(8-3-1)21-14-9-16(19-21)15-18-10-6-13-20-11-4-5-12-20/h1-3,7-9,14,18H,4-6,10-13,15H2. The van der Waals surface area contributed by atoms with E-state index in [1.165, 1.54) is 38.9 Å². The van der Waals surface area contributed by atoms with Crippen LogP contribution in [0.25, 0.3) is 5.69 Å². The number of benzene rings is 1. The second-order valence-electron chi connectivity index (χ2n) is 5.67. The molecule has 0 amide bonds. The van der Waals surface area contributed by atoms with Crippen molar-refractivity contribution < 1.29 is 0 Å². The summed E-state index contributed by atoms with van der Waals surface area (Å²) >= 11 is 0. The van der Waals surface area contributed by atoms with Crippen molar-refractivity contribution in [2.45, 2.75) is 25.8 Å². The molecule has 0 bridgehead atoms. The molecule has 0 saturated carbocycles. The van der Waals surface area contributed by atoms with Crippen molar-refractivity contribution in [1.29, 1.82) is 0 Å². The molecule has 1 saturated heterocycles. The highest BCUT2D eigenvalue weighted by molar-refractivity contribution is 5.30. The summed E-state index contributed by atoms with van der Waals surface area (Å²) in [5.74, 6) is 0. The number of likely N-dealkylation sites (tertiary alicyclic amines) is 1. The van der Waals surface area contributed by atoms with Crippen LogP contribution in [-0.4, -0.2) is 40.9 Å². The number of hydrogen-bond donors (Lipinski definition) is 1. The molecule has 4 heteroatoms. The lowest BCUT2D eigenvalue weighted by atomic mass is 10.3. The molecule has 3 rings (SSSR count). The molecule has 1 fully saturated rings. The first-order valence-electron chi connectivity index (χ1n) is 7.95. The van der Waals surface area contributed by atoms with Gasteiger partial charge in [0.25, 0.3) is 0 Å². The summed E-state index contributed by atoms with van der Waals surface area (Å²) < 4.78 is 1.93. The van der Waals surface area contributed by atoms with E-state index in [4.69, 9.17) is 0 Å². The molecule has 2 heterocycles. The van der Waals surface area contributed by atoms with Crippen LogP contribution >= 0.6 is 0 Å². The van der Waals surface area contributed by atoms with Gasteiger partial charge in [0.15, 0.2) is 0 Å². The summed E-state index contributed by atoms with van der Waals surface area (Å²) in [5, 5.41) is 8.09. The van der Waals surface area contributed by atoms with E-state index < -0.39 is 0 Å². The molecule has 0 unspecified atom stereocenters. The first-order chi connectivity index (χ1) is 10.4. The van der Waals surface area contributed by atoms with Gasteiger partial charge in [-0.3, -0.25) is 0 Å². The van der Waals surface area contributed by atoms with Gasteiger partial charge in [-0.25, -0.2) is 4.68 Å². The molecule has 0 atom stereocenters. The molecule has 0 radical (unpaired) electrons. The van der Waals surface area contributed by atoms with Crippen molar-refractivity contribution in [3.05, 3.63) is 48.3 Å².